The van der Waals surface area contributed by atoms with Crippen molar-refractivity contribution < 1.29 is 4.79 Å². The van der Waals surface area contributed by atoms with Crippen molar-refractivity contribution in [2.75, 3.05) is 5.75 Å². The molecule has 5 nitrogen and oxygen atoms in total. The van der Waals surface area contributed by atoms with Crippen molar-refractivity contribution >= 4 is 29.0 Å². The van der Waals surface area contributed by atoms with E-state index in [2.05, 4.69) is 20.5 Å². The molecule has 1 fully saturated rings. The second-order valence-electron chi connectivity index (χ2n) is 5.84. The Morgan fingerprint density at radius 1 is 1.30 bits per heavy atom. The van der Waals surface area contributed by atoms with Crippen molar-refractivity contribution in [2.24, 2.45) is 0 Å². The van der Waals surface area contributed by atoms with E-state index in [0.717, 1.165) is 23.5 Å². The molecular weight excluding hydrogens is 328 g/mol. The molecule has 0 bridgehead atoms. The predicted octanol–water partition coefficient (Wildman–Crippen LogP) is 3.85. The van der Waals surface area contributed by atoms with E-state index >= 15 is 0 Å². The maximum Gasteiger partial charge on any atom is 0.230 e. The fourth-order valence-corrected chi connectivity index (χ4v) is 4.11. The van der Waals surface area contributed by atoms with Gasteiger partial charge in [-0.3, -0.25) is 9.89 Å². The number of carbonyl (C=O) groups excluding carboxylic acids is 1. The first-order valence-electron chi connectivity index (χ1n) is 8.20. The number of nitrogens with zero attached hydrogens (tertiary/aromatic N) is 2. The van der Waals surface area contributed by atoms with E-state index in [-0.39, 0.29) is 5.91 Å². The van der Waals surface area contributed by atoms with E-state index < -0.39 is 0 Å². The highest BCUT2D eigenvalue weighted by molar-refractivity contribution is 7.99. The van der Waals surface area contributed by atoms with Gasteiger partial charge in [0.15, 0.2) is 5.82 Å². The molecule has 124 valence electrons. The third-order valence-corrected chi connectivity index (χ3v) is 5.75. The molecule has 0 unspecified atom stereocenters. The zero-order chi connectivity index (χ0) is 15.9. The SMILES string of the molecule is O=C(CSc1n[nH]c(-c2cccs2)n1)NC1CCCCCCC1. The lowest BCUT2D eigenvalue weighted by molar-refractivity contribution is -0.119. The Balaban J connectivity index is 1.45. The molecule has 0 aliphatic heterocycles. The average Bonchev–Trinajstić information content (AvgIpc) is 3.18. The molecular formula is C16H22N4OS2. The molecule has 2 aromatic rings. The fraction of sp³-hybridized carbons (Fsp3) is 0.562. The summed E-state index contributed by atoms with van der Waals surface area (Å²) in [6.45, 7) is 0. The Bertz CT molecular complexity index is 603. The number of H-pyrrole nitrogens is 1. The predicted molar refractivity (Wildman–Crippen MR) is 94.7 cm³/mol. The van der Waals surface area contributed by atoms with Crippen molar-refractivity contribution in [2.45, 2.75) is 56.1 Å². The quantitative estimate of drug-likeness (QED) is 0.804. The Kier molecular flexibility index (Phi) is 6.10. The van der Waals surface area contributed by atoms with Crippen LogP contribution in [0, 0.1) is 0 Å². The standard InChI is InChI=1S/C16H22N4OS2/c21-14(17-12-7-4-2-1-3-5-8-12)11-23-16-18-15(19-20-16)13-9-6-10-22-13/h6,9-10,12H,1-5,7-8,11H2,(H,17,21)(H,18,19,20). The lowest BCUT2D eigenvalue weighted by Gasteiger charge is -2.20. The molecule has 0 aromatic carbocycles. The normalized spacial score (nSPS) is 16.7. The molecule has 1 amide bonds. The molecule has 1 saturated carbocycles. The number of amides is 1. The highest BCUT2D eigenvalue weighted by Crippen LogP contribution is 2.23. The van der Waals surface area contributed by atoms with Gasteiger partial charge in [0.2, 0.25) is 11.1 Å². The van der Waals surface area contributed by atoms with Gasteiger partial charge in [-0.05, 0) is 24.3 Å². The van der Waals surface area contributed by atoms with Crippen molar-refractivity contribution in [3.05, 3.63) is 17.5 Å². The van der Waals surface area contributed by atoms with Crippen molar-refractivity contribution in [3.63, 3.8) is 0 Å². The van der Waals surface area contributed by atoms with E-state index in [1.807, 2.05) is 17.5 Å². The van der Waals surface area contributed by atoms with Crippen molar-refractivity contribution in [3.8, 4) is 10.7 Å². The summed E-state index contributed by atoms with van der Waals surface area (Å²) < 4.78 is 0. The number of thioether (sulfide) groups is 1. The summed E-state index contributed by atoms with van der Waals surface area (Å²) in [7, 11) is 0. The Labute approximate surface area is 144 Å². The van der Waals surface area contributed by atoms with Crippen LogP contribution in [0.1, 0.15) is 44.9 Å². The van der Waals surface area contributed by atoms with Gasteiger partial charge in [-0.15, -0.1) is 16.4 Å². The summed E-state index contributed by atoms with van der Waals surface area (Å²) in [5.41, 5.74) is 0. The minimum Gasteiger partial charge on any atom is -0.353 e. The highest BCUT2D eigenvalue weighted by Gasteiger charge is 2.15. The molecule has 7 heteroatoms. The van der Waals surface area contributed by atoms with Gasteiger partial charge in [-0.1, -0.05) is 49.9 Å². The second kappa shape index (κ2) is 8.49. The molecule has 23 heavy (non-hydrogen) atoms. The Hall–Kier alpha value is -1.34. The van der Waals surface area contributed by atoms with Crippen LogP contribution in [0.5, 0.6) is 0 Å². The van der Waals surface area contributed by atoms with Crippen molar-refractivity contribution in [1.82, 2.24) is 20.5 Å². The van der Waals surface area contributed by atoms with Crippen LogP contribution in [-0.4, -0.2) is 32.9 Å². The number of nitrogens with one attached hydrogen (secondary N) is 2. The fourth-order valence-electron chi connectivity index (χ4n) is 2.83. The molecule has 0 spiro atoms. The minimum absolute atomic E-state index is 0.0862. The number of thiophene rings is 1. The zero-order valence-corrected chi connectivity index (χ0v) is 14.7. The van der Waals surface area contributed by atoms with Gasteiger partial charge in [0.1, 0.15) is 0 Å². The smallest absolute Gasteiger partial charge is 0.230 e. The molecule has 2 aromatic heterocycles. The van der Waals surface area contributed by atoms with Crippen LogP contribution in [0.3, 0.4) is 0 Å². The van der Waals surface area contributed by atoms with Crippen LogP contribution in [0.25, 0.3) is 10.7 Å². The zero-order valence-electron chi connectivity index (χ0n) is 13.1. The summed E-state index contributed by atoms with van der Waals surface area (Å²) in [6, 6.07) is 4.33. The lowest BCUT2D eigenvalue weighted by Crippen LogP contribution is -2.36. The number of carbonyl (C=O) groups is 1. The van der Waals surface area contributed by atoms with E-state index in [1.54, 1.807) is 11.3 Å². The van der Waals surface area contributed by atoms with E-state index in [1.165, 1.54) is 43.9 Å². The summed E-state index contributed by atoms with van der Waals surface area (Å²) in [4.78, 5) is 17.6. The minimum atomic E-state index is 0.0862. The van der Waals surface area contributed by atoms with Gasteiger partial charge in [-0.25, -0.2) is 4.98 Å². The Morgan fingerprint density at radius 3 is 2.83 bits per heavy atom. The third kappa shape index (κ3) is 5.07. The van der Waals surface area contributed by atoms with Gasteiger partial charge < -0.3 is 5.32 Å². The molecule has 2 N–H and O–H groups in total. The van der Waals surface area contributed by atoms with Crippen LogP contribution >= 0.6 is 23.1 Å². The maximum absolute atomic E-state index is 12.1. The maximum atomic E-state index is 12.1. The second-order valence-corrected chi connectivity index (χ2v) is 7.73. The third-order valence-electron chi connectivity index (χ3n) is 4.02. The molecule has 2 heterocycles. The topological polar surface area (TPSA) is 70.7 Å². The van der Waals surface area contributed by atoms with E-state index in [9.17, 15) is 4.79 Å². The van der Waals surface area contributed by atoms with Crippen LogP contribution in [0.4, 0.5) is 0 Å². The molecule has 0 atom stereocenters. The van der Waals surface area contributed by atoms with Gasteiger partial charge in [0.25, 0.3) is 0 Å². The summed E-state index contributed by atoms with van der Waals surface area (Å²) in [5.74, 6) is 1.23. The van der Waals surface area contributed by atoms with Crippen LogP contribution < -0.4 is 5.32 Å². The van der Waals surface area contributed by atoms with E-state index in [0.29, 0.717) is 17.0 Å². The summed E-state index contributed by atoms with van der Waals surface area (Å²) in [5, 5.41) is 12.9. The molecule has 1 aliphatic carbocycles. The van der Waals surface area contributed by atoms with Gasteiger partial charge >= 0.3 is 0 Å². The summed E-state index contributed by atoms with van der Waals surface area (Å²) >= 11 is 3.00. The highest BCUT2D eigenvalue weighted by atomic mass is 32.2. The number of aromatic amines is 1. The number of rotatable bonds is 5. The van der Waals surface area contributed by atoms with Crippen molar-refractivity contribution in [1.29, 1.82) is 0 Å². The summed E-state index contributed by atoms with van der Waals surface area (Å²) in [6.07, 6.45) is 8.60. The van der Waals surface area contributed by atoms with Gasteiger partial charge in [0.05, 0.1) is 10.6 Å². The molecule has 3 rings (SSSR count). The van der Waals surface area contributed by atoms with Crippen LogP contribution in [-0.2, 0) is 4.79 Å². The number of hydrogen-bond donors (Lipinski definition) is 2. The molecule has 0 saturated heterocycles. The first kappa shape index (κ1) is 16.5. The van der Waals surface area contributed by atoms with Gasteiger partial charge in [-0.2, -0.15) is 0 Å². The van der Waals surface area contributed by atoms with Crippen LogP contribution in [0.15, 0.2) is 22.7 Å². The number of hydrogen-bond acceptors (Lipinski definition) is 5. The van der Waals surface area contributed by atoms with E-state index in [4.69, 9.17) is 0 Å². The number of aromatic nitrogens is 3. The van der Waals surface area contributed by atoms with Gasteiger partial charge in [0, 0.05) is 6.04 Å². The Morgan fingerprint density at radius 2 is 2.09 bits per heavy atom. The first-order valence-corrected chi connectivity index (χ1v) is 10.1. The first-order chi connectivity index (χ1) is 11.3. The average molecular weight is 351 g/mol. The largest absolute Gasteiger partial charge is 0.353 e. The molecule has 1 aliphatic rings. The van der Waals surface area contributed by atoms with Crippen LogP contribution in [0.2, 0.25) is 0 Å². The monoisotopic (exact) mass is 350 g/mol. The molecule has 0 radical (unpaired) electrons. The lowest BCUT2D eigenvalue weighted by atomic mass is 9.97.